The van der Waals surface area contributed by atoms with E-state index >= 15 is 0 Å². The summed E-state index contributed by atoms with van der Waals surface area (Å²) >= 11 is 9.97. The Bertz CT molecular complexity index is 948. The Morgan fingerprint density at radius 2 is 2.04 bits per heavy atom. The summed E-state index contributed by atoms with van der Waals surface area (Å²) < 4.78 is 6.85. The highest BCUT2D eigenvalue weighted by Crippen LogP contribution is 2.33. The number of thioether (sulfide) groups is 1. The van der Waals surface area contributed by atoms with Gasteiger partial charge in [0.1, 0.15) is 10.1 Å². The molecule has 2 aromatic carbocycles. The Kier molecular flexibility index (Phi) is 6.88. The molecule has 3 rings (SSSR count). The van der Waals surface area contributed by atoms with E-state index in [0.29, 0.717) is 26.0 Å². The van der Waals surface area contributed by atoms with Crippen LogP contribution in [0.3, 0.4) is 0 Å². The molecule has 1 heterocycles. The zero-order valence-corrected chi connectivity index (χ0v) is 18.2. The number of anilines is 1. The maximum atomic E-state index is 12.3. The molecule has 0 spiro atoms. The Morgan fingerprint density at radius 1 is 1.29 bits per heavy atom. The Balaban J connectivity index is 1.63. The fraction of sp³-hybridized carbons (Fsp3) is 0.150. The van der Waals surface area contributed by atoms with Gasteiger partial charge < -0.3 is 10.1 Å². The first kappa shape index (κ1) is 20.6. The summed E-state index contributed by atoms with van der Waals surface area (Å²) in [6.07, 6.45) is 1.80. The van der Waals surface area contributed by atoms with Gasteiger partial charge in [0.25, 0.3) is 11.8 Å². The number of hydrogen-bond acceptors (Lipinski definition) is 5. The number of carbonyl (C=O) groups is 2. The molecule has 1 N–H and O–H groups in total. The van der Waals surface area contributed by atoms with E-state index in [-0.39, 0.29) is 18.4 Å². The van der Waals surface area contributed by atoms with Crippen LogP contribution in [-0.2, 0) is 9.59 Å². The van der Waals surface area contributed by atoms with Gasteiger partial charge in [-0.1, -0.05) is 48.2 Å². The third-order valence-electron chi connectivity index (χ3n) is 3.86. The van der Waals surface area contributed by atoms with Crippen molar-refractivity contribution in [3.63, 3.8) is 0 Å². The van der Waals surface area contributed by atoms with Gasteiger partial charge in [0, 0.05) is 12.2 Å². The minimum atomic E-state index is -0.245. The Hall–Kier alpha value is -2.16. The zero-order chi connectivity index (χ0) is 20.1. The van der Waals surface area contributed by atoms with Crippen molar-refractivity contribution in [2.75, 3.05) is 18.5 Å². The molecule has 1 saturated heterocycles. The molecular formula is C20H17BrN2O3S2. The summed E-state index contributed by atoms with van der Waals surface area (Å²) in [6, 6.07) is 14.6. The van der Waals surface area contributed by atoms with Crippen LogP contribution in [0, 0.1) is 0 Å². The topological polar surface area (TPSA) is 58.6 Å². The number of halogens is 1. The molecule has 0 aliphatic carbocycles. The predicted octanol–water partition coefficient (Wildman–Crippen LogP) is 4.69. The largest absolute Gasteiger partial charge is 0.483 e. The van der Waals surface area contributed by atoms with E-state index in [1.54, 1.807) is 17.0 Å². The molecule has 1 fully saturated rings. The van der Waals surface area contributed by atoms with Gasteiger partial charge in [-0.2, -0.15) is 0 Å². The number of para-hydroxylation sites is 1. The molecule has 28 heavy (non-hydrogen) atoms. The summed E-state index contributed by atoms with van der Waals surface area (Å²) in [5, 5.41) is 2.76. The molecule has 2 aromatic rings. The first-order chi connectivity index (χ1) is 13.5. The number of benzene rings is 2. The van der Waals surface area contributed by atoms with Gasteiger partial charge in [-0.3, -0.25) is 14.5 Å². The standard InChI is InChI=1S/C20H17BrN2O3S2/c1-2-23-19(25)17(28-20(23)27)11-13-8-9-16(15(21)10-13)26-12-18(24)22-14-6-4-3-5-7-14/h3-11H,2,12H2,1H3,(H,22,24)/b17-11-. The van der Waals surface area contributed by atoms with Crippen LogP contribution in [0.2, 0.25) is 0 Å². The first-order valence-electron chi connectivity index (χ1n) is 8.50. The number of amides is 2. The van der Waals surface area contributed by atoms with Crippen LogP contribution >= 0.6 is 39.9 Å². The van der Waals surface area contributed by atoms with Gasteiger partial charge in [-0.15, -0.1) is 0 Å². The minimum absolute atomic E-state index is 0.0773. The smallest absolute Gasteiger partial charge is 0.266 e. The quantitative estimate of drug-likeness (QED) is 0.484. The number of hydrogen-bond donors (Lipinski definition) is 1. The molecule has 1 aliphatic rings. The summed E-state index contributed by atoms with van der Waals surface area (Å²) in [7, 11) is 0. The number of ether oxygens (including phenoxy) is 1. The van der Waals surface area contributed by atoms with E-state index in [9.17, 15) is 9.59 Å². The highest BCUT2D eigenvalue weighted by molar-refractivity contribution is 9.10. The van der Waals surface area contributed by atoms with Crippen molar-refractivity contribution < 1.29 is 14.3 Å². The number of likely N-dealkylation sites (N-methyl/N-ethyl adjacent to an activating group) is 1. The van der Waals surface area contributed by atoms with Gasteiger partial charge in [-0.05, 0) is 58.8 Å². The molecule has 0 aromatic heterocycles. The Labute approximate surface area is 181 Å². The molecule has 0 radical (unpaired) electrons. The summed E-state index contributed by atoms with van der Waals surface area (Å²) in [4.78, 5) is 26.5. The fourth-order valence-corrected chi connectivity index (χ4v) is 4.40. The molecule has 2 amide bonds. The van der Waals surface area contributed by atoms with Crippen LogP contribution in [0.15, 0.2) is 57.9 Å². The second kappa shape index (κ2) is 9.36. The number of thiocarbonyl (C=S) groups is 1. The molecule has 5 nitrogen and oxygen atoms in total. The van der Waals surface area contributed by atoms with Crippen LogP contribution in [0.25, 0.3) is 6.08 Å². The van der Waals surface area contributed by atoms with Crippen LogP contribution < -0.4 is 10.1 Å². The van der Waals surface area contributed by atoms with Crippen molar-refractivity contribution in [3.05, 3.63) is 63.5 Å². The molecule has 1 aliphatic heterocycles. The molecule has 0 saturated carbocycles. The van der Waals surface area contributed by atoms with E-state index in [4.69, 9.17) is 17.0 Å². The van der Waals surface area contributed by atoms with Crippen molar-refractivity contribution in [1.29, 1.82) is 0 Å². The average molecular weight is 477 g/mol. The molecule has 8 heteroatoms. The van der Waals surface area contributed by atoms with Gasteiger partial charge in [-0.25, -0.2) is 0 Å². The lowest BCUT2D eigenvalue weighted by atomic mass is 10.2. The van der Waals surface area contributed by atoms with E-state index in [0.717, 1.165) is 11.3 Å². The predicted molar refractivity (Wildman–Crippen MR) is 120 cm³/mol. The van der Waals surface area contributed by atoms with Crippen LogP contribution in [0.4, 0.5) is 5.69 Å². The zero-order valence-electron chi connectivity index (χ0n) is 15.0. The van der Waals surface area contributed by atoms with Crippen molar-refractivity contribution in [2.24, 2.45) is 0 Å². The third kappa shape index (κ3) is 5.01. The Morgan fingerprint density at radius 3 is 2.68 bits per heavy atom. The summed E-state index contributed by atoms with van der Waals surface area (Å²) in [5.74, 6) is 0.221. The summed E-state index contributed by atoms with van der Waals surface area (Å²) in [5.41, 5.74) is 1.56. The molecule has 0 unspecified atom stereocenters. The number of carbonyl (C=O) groups excluding carboxylic acids is 2. The second-order valence-electron chi connectivity index (χ2n) is 5.82. The van der Waals surface area contributed by atoms with E-state index in [2.05, 4.69) is 21.2 Å². The van der Waals surface area contributed by atoms with Crippen LogP contribution in [0.5, 0.6) is 5.75 Å². The van der Waals surface area contributed by atoms with Crippen LogP contribution in [-0.4, -0.2) is 34.2 Å². The van der Waals surface area contributed by atoms with Gasteiger partial charge in [0.2, 0.25) is 0 Å². The van der Waals surface area contributed by atoms with Crippen molar-refractivity contribution in [3.8, 4) is 5.75 Å². The first-order valence-corrected chi connectivity index (χ1v) is 10.5. The van der Waals surface area contributed by atoms with Crippen LogP contribution in [0.1, 0.15) is 12.5 Å². The van der Waals surface area contributed by atoms with Gasteiger partial charge in [0.15, 0.2) is 6.61 Å². The number of rotatable bonds is 6. The highest BCUT2D eigenvalue weighted by Gasteiger charge is 2.30. The number of nitrogens with one attached hydrogen (secondary N) is 1. The second-order valence-corrected chi connectivity index (χ2v) is 8.35. The van der Waals surface area contributed by atoms with Gasteiger partial charge >= 0.3 is 0 Å². The lowest BCUT2D eigenvalue weighted by molar-refractivity contribution is -0.122. The highest BCUT2D eigenvalue weighted by atomic mass is 79.9. The molecule has 0 atom stereocenters. The maximum Gasteiger partial charge on any atom is 0.266 e. The van der Waals surface area contributed by atoms with Crippen molar-refractivity contribution >= 4 is 67.8 Å². The molecule has 0 bridgehead atoms. The molecule has 144 valence electrons. The fourth-order valence-electron chi connectivity index (χ4n) is 2.51. The van der Waals surface area contributed by atoms with Crippen molar-refractivity contribution in [2.45, 2.75) is 6.92 Å². The normalized spacial score (nSPS) is 15.2. The lowest BCUT2D eigenvalue weighted by Crippen LogP contribution is -2.27. The minimum Gasteiger partial charge on any atom is -0.483 e. The number of nitrogens with zero attached hydrogens (tertiary/aromatic N) is 1. The SMILES string of the molecule is CCN1C(=O)/C(=C/c2ccc(OCC(=O)Nc3ccccc3)c(Br)c2)SC1=S. The third-order valence-corrected chi connectivity index (χ3v) is 5.86. The van der Waals surface area contributed by atoms with E-state index in [1.165, 1.54) is 11.8 Å². The summed E-state index contributed by atoms with van der Waals surface area (Å²) in [6.45, 7) is 2.34. The molecular weight excluding hydrogens is 460 g/mol. The van der Waals surface area contributed by atoms with Crippen molar-refractivity contribution in [1.82, 2.24) is 4.90 Å². The van der Waals surface area contributed by atoms with Gasteiger partial charge in [0.05, 0.1) is 9.38 Å². The van der Waals surface area contributed by atoms with E-state index < -0.39 is 0 Å². The average Bonchev–Trinajstić information content (AvgIpc) is 2.94. The maximum absolute atomic E-state index is 12.3. The monoisotopic (exact) mass is 476 g/mol. The lowest BCUT2D eigenvalue weighted by Gasteiger charge is -2.10. The van der Waals surface area contributed by atoms with E-state index in [1.807, 2.05) is 49.4 Å².